The largest absolute Gasteiger partial charge is 0.329 e. The van der Waals surface area contributed by atoms with Crippen molar-refractivity contribution in [1.82, 2.24) is 4.90 Å². The summed E-state index contributed by atoms with van der Waals surface area (Å²) in [5.74, 6) is 1.70. The zero-order valence-corrected chi connectivity index (χ0v) is 10.9. The summed E-state index contributed by atoms with van der Waals surface area (Å²) in [6.45, 7) is 9.01. The summed E-state index contributed by atoms with van der Waals surface area (Å²) in [6, 6.07) is 0. The van der Waals surface area contributed by atoms with Gasteiger partial charge in [0.1, 0.15) is 0 Å². The third-order valence-corrected chi connectivity index (χ3v) is 4.49. The van der Waals surface area contributed by atoms with Gasteiger partial charge < -0.3 is 5.73 Å². The Bertz CT molecular complexity index is 193. The highest BCUT2D eigenvalue weighted by molar-refractivity contribution is 4.96. The van der Waals surface area contributed by atoms with Crippen LogP contribution >= 0.6 is 0 Å². The summed E-state index contributed by atoms with van der Waals surface area (Å²) in [7, 11) is 2.25. The van der Waals surface area contributed by atoms with Gasteiger partial charge in [-0.3, -0.25) is 4.90 Å². The van der Waals surface area contributed by atoms with Gasteiger partial charge in [0.2, 0.25) is 0 Å². The average molecular weight is 212 g/mol. The Morgan fingerprint density at radius 3 is 2.47 bits per heavy atom. The van der Waals surface area contributed by atoms with Crippen molar-refractivity contribution in [3.05, 3.63) is 0 Å². The van der Waals surface area contributed by atoms with Crippen LogP contribution in [-0.2, 0) is 0 Å². The highest BCUT2D eigenvalue weighted by Crippen LogP contribution is 2.38. The topological polar surface area (TPSA) is 29.3 Å². The lowest BCUT2D eigenvalue weighted by Gasteiger charge is -2.48. The van der Waals surface area contributed by atoms with Crippen molar-refractivity contribution >= 4 is 0 Å². The fourth-order valence-corrected chi connectivity index (χ4v) is 2.94. The lowest BCUT2D eigenvalue weighted by Crippen LogP contribution is -2.55. The van der Waals surface area contributed by atoms with Gasteiger partial charge in [0.05, 0.1) is 0 Å². The van der Waals surface area contributed by atoms with Gasteiger partial charge >= 0.3 is 0 Å². The van der Waals surface area contributed by atoms with Crippen LogP contribution in [0.1, 0.15) is 46.5 Å². The van der Waals surface area contributed by atoms with Gasteiger partial charge in [-0.05, 0) is 51.1 Å². The number of nitrogens with two attached hydrogens (primary N) is 1. The maximum Gasteiger partial charge on any atom is 0.0331 e. The molecule has 0 heterocycles. The average Bonchev–Trinajstić information content (AvgIpc) is 2.23. The molecule has 0 radical (unpaired) electrons. The monoisotopic (exact) mass is 212 g/mol. The quantitative estimate of drug-likeness (QED) is 0.776. The molecule has 3 atom stereocenters. The molecule has 2 nitrogen and oxygen atoms in total. The lowest BCUT2D eigenvalue weighted by atomic mass is 9.70. The van der Waals surface area contributed by atoms with Crippen molar-refractivity contribution in [3.63, 3.8) is 0 Å². The van der Waals surface area contributed by atoms with Crippen LogP contribution in [0.25, 0.3) is 0 Å². The number of nitrogens with zero attached hydrogens (tertiary/aromatic N) is 1. The van der Waals surface area contributed by atoms with E-state index in [9.17, 15) is 0 Å². The number of hydrogen-bond donors (Lipinski definition) is 1. The predicted octanol–water partition coefficient (Wildman–Crippen LogP) is 2.48. The molecule has 1 aliphatic rings. The molecule has 15 heavy (non-hydrogen) atoms. The minimum Gasteiger partial charge on any atom is -0.329 e. The van der Waals surface area contributed by atoms with Gasteiger partial charge in [0.25, 0.3) is 0 Å². The SMILES string of the molecule is CCCN(C)C1(CN)CCC(C)C(C)C1. The zero-order chi connectivity index (χ0) is 11.5. The van der Waals surface area contributed by atoms with Crippen molar-refractivity contribution in [2.45, 2.75) is 52.0 Å². The molecule has 0 bridgehead atoms. The zero-order valence-electron chi connectivity index (χ0n) is 10.9. The molecule has 2 heteroatoms. The van der Waals surface area contributed by atoms with E-state index in [2.05, 4.69) is 32.7 Å². The van der Waals surface area contributed by atoms with E-state index in [1.54, 1.807) is 0 Å². The highest BCUT2D eigenvalue weighted by atomic mass is 15.2. The van der Waals surface area contributed by atoms with E-state index in [0.717, 1.165) is 18.4 Å². The molecule has 0 amide bonds. The fourth-order valence-electron chi connectivity index (χ4n) is 2.94. The van der Waals surface area contributed by atoms with Crippen LogP contribution in [-0.4, -0.2) is 30.6 Å². The van der Waals surface area contributed by atoms with Crippen LogP contribution in [0.2, 0.25) is 0 Å². The minimum absolute atomic E-state index is 0.294. The third kappa shape index (κ3) is 2.73. The fraction of sp³-hybridized carbons (Fsp3) is 1.00. The van der Waals surface area contributed by atoms with Gasteiger partial charge in [0, 0.05) is 12.1 Å². The van der Waals surface area contributed by atoms with E-state index in [0.29, 0.717) is 5.54 Å². The molecule has 0 aliphatic heterocycles. The van der Waals surface area contributed by atoms with Gasteiger partial charge in [0.15, 0.2) is 0 Å². The second kappa shape index (κ2) is 5.31. The maximum atomic E-state index is 6.04. The first-order valence-electron chi connectivity index (χ1n) is 6.47. The number of hydrogen-bond acceptors (Lipinski definition) is 2. The van der Waals surface area contributed by atoms with Gasteiger partial charge in [-0.25, -0.2) is 0 Å². The van der Waals surface area contributed by atoms with Crippen LogP contribution < -0.4 is 5.73 Å². The van der Waals surface area contributed by atoms with E-state index in [-0.39, 0.29) is 0 Å². The number of likely N-dealkylation sites (N-methyl/N-ethyl adjacent to an activating group) is 1. The van der Waals surface area contributed by atoms with E-state index in [1.165, 1.54) is 32.2 Å². The molecule has 1 aliphatic carbocycles. The minimum atomic E-state index is 0.294. The van der Waals surface area contributed by atoms with Crippen LogP contribution in [0, 0.1) is 11.8 Å². The molecule has 0 aromatic carbocycles. The van der Waals surface area contributed by atoms with Gasteiger partial charge in [-0.15, -0.1) is 0 Å². The standard InChI is InChI=1S/C13H28N2/c1-5-8-15(4)13(10-14)7-6-11(2)12(3)9-13/h11-12H,5-10,14H2,1-4H3. The molecular weight excluding hydrogens is 184 g/mol. The molecule has 0 saturated heterocycles. The van der Waals surface area contributed by atoms with Crippen LogP contribution in [0.4, 0.5) is 0 Å². The Morgan fingerprint density at radius 2 is 2.00 bits per heavy atom. The Balaban J connectivity index is 2.68. The lowest BCUT2D eigenvalue weighted by molar-refractivity contribution is 0.0405. The van der Waals surface area contributed by atoms with E-state index < -0.39 is 0 Å². The van der Waals surface area contributed by atoms with E-state index >= 15 is 0 Å². The van der Waals surface area contributed by atoms with Crippen molar-refractivity contribution in [3.8, 4) is 0 Å². The molecule has 1 fully saturated rings. The van der Waals surface area contributed by atoms with Crippen molar-refractivity contribution in [2.75, 3.05) is 20.1 Å². The first kappa shape index (κ1) is 13.0. The molecule has 3 unspecified atom stereocenters. The van der Waals surface area contributed by atoms with E-state index in [4.69, 9.17) is 5.73 Å². The highest BCUT2D eigenvalue weighted by Gasteiger charge is 2.39. The molecule has 0 aromatic heterocycles. The number of rotatable bonds is 4. The normalized spacial score (nSPS) is 37.2. The first-order chi connectivity index (χ1) is 7.05. The summed E-state index contributed by atoms with van der Waals surface area (Å²) in [4.78, 5) is 2.51. The third-order valence-electron chi connectivity index (χ3n) is 4.49. The molecular formula is C13H28N2. The predicted molar refractivity (Wildman–Crippen MR) is 66.9 cm³/mol. The first-order valence-corrected chi connectivity index (χ1v) is 6.47. The molecule has 0 aromatic rings. The molecule has 2 N–H and O–H groups in total. The van der Waals surface area contributed by atoms with Gasteiger partial charge in [-0.2, -0.15) is 0 Å². The summed E-state index contributed by atoms with van der Waals surface area (Å²) >= 11 is 0. The Labute approximate surface area is 95.2 Å². The summed E-state index contributed by atoms with van der Waals surface area (Å²) in [5.41, 5.74) is 6.33. The van der Waals surface area contributed by atoms with Crippen LogP contribution in [0.5, 0.6) is 0 Å². The van der Waals surface area contributed by atoms with Crippen LogP contribution in [0.15, 0.2) is 0 Å². The Kier molecular flexibility index (Phi) is 4.60. The maximum absolute atomic E-state index is 6.04. The summed E-state index contributed by atoms with van der Waals surface area (Å²) in [5, 5.41) is 0. The Morgan fingerprint density at radius 1 is 1.33 bits per heavy atom. The summed E-state index contributed by atoms with van der Waals surface area (Å²) < 4.78 is 0. The van der Waals surface area contributed by atoms with E-state index in [1.807, 2.05) is 0 Å². The Hall–Kier alpha value is -0.0800. The van der Waals surface area contributed by atoms with Crippen LogP contribution in [0.3, 0.4) is 0 Å². The van der Waals surface area contributed by atoms with Crippen molar-refractivity contribution < 1.29 is 0 Å². The summed E-state index contributed by atoms with van der Waals surface area (Å²) in [6.07, 6.45) is 5.13. The van der Waals surface area contributed by atoms with Crippen molar-refractivity contribution in [2.24, 2.45) is 17.6 Å². The smallest absolute Gasteiger partial charge is 0.0331 e. The molecule has 0 spiro atoms. The van der Waals surface area contributed by atoms with Gasteiger partial charge in [-0.1, -0.05) is 20.8 Å². The molecule has 1 saturated carbocycles. The van der Waals surface area contributed by atoms with Crippen molar-refractivity contribution in [1.29, 1.82) is 0 Å². The molecule has 90 valence electrons. The second-order valence-corrected chi connectivity index (χ2v) is 5.55. The molecule has 1 rings (SSSR count). The second-order valence-electron chi connectivity index (χ2n) is 5.55.